The van der Waals surface area contributed by atoms with Gasteiger partial charge in [-0.2, -0.15) is 0 Å². The summed E-state index contributed by atoms with van der Waals surface area (Å²) in [5, 5.41) is 10.8. The van der Waals surface area contributed by atoms with Gasteiger partial charge in [-0.1, -0.05) is 24.3 Å². The number of carbonyl (C=O) groups excluding carboxylic acids is 2. The molecule has 0 unspecified atom stereocenters. The summed E-state index contributed by atoms with van der Waals surface area (Å²) in [6, 6.07) is 7.58. The molecule has 5 nitrogen and oxygen atoms in total. The first-order valence-electron chi connectivity index (χ1n) is 7.84. The lowest BCUT2D eigenvalue weighted by atomic mass is 9.61. The first-order chi connectivity index (χ1) is 11.1. The van der Waals surface area contributed by atoms with Gasteiger partial charge in [-0.05, 0) is 17.5 Å². The van der Waals surface area contributed by atoms with Gasteiger partial charge in [0, 0.05) is 24.8 Å². The molecule has 1 aromatic rings. The molecule has 2 aliphatic carbocycles. The van der Waals surface area contributed by atoms with Crippen molar-refractivity contribution in [3.05, 3.63) is 47.2 Å². The van der Waals surface area contributed by atoms with Crippen LogP contribution in [0.5, 0.6) is 0 Å². The van der Waals surface area contributed by atoms with Crippen LogP contribution in [-0.4, -0.2) is 29.6 Å². The van der Waals surface area contributed by atoms with Gasteiger partial charge in [0.05, 0.1) is 19.1 Å². The van der Waals surface area contributed by atoms with Gasteiger partial charge in [0.15, 0.2) is 5.76 Å². The van der Waals surface area contributed by atoms with Crippen molar-refractivity contribution >= 4 is 11.8 Å². The highest BCUT2D eigenvalue weighted by molar-refractivity contribution is 5.98. The topological polar surface area (TPSA) is 72.8 Å². The summed E-state index contributed by atoms with van der Waals surface area (Å²) >= 11 is 0. The van der Waals surface area contributed by atoms with Gasteiger partial charge >= 0.3 is 5.97 Å². The Morgan fingerprint density at radius 3 is 2.78 bits per heavy atom. The molecule has 120 valence electrons. The standard InChI is InChI=1S/C18H18O5/c1-22-13-9-18(7-6-14(19)23-18)12-8-10-4-2-3-5-11(10)16(20)15(12)17(13)21/h2-5,9,12,15-16,20H,6-8H2,1H3/t12-,15-,16+,18-/m0/s1. The van der Waals surface area contributed by atoms with Crippen LogP contribution in [0, 0.1) is 11.8 Å². The van der Waals surface area contributed by atoms with Crippen molar-refractivity contribution in [2.24, 2.45) is 11.8 Å². The third-order valence-electron chi connectivity index (χ3n) is 5.38. The number of hydrogen-bond donors (Lipinski definition) is 1. The van der Waals surface area contributed by atoms with Crippen LogP contribution in [0.4, 0.5) is 0 Å². The molecule has 3 aliphatic rings. The van der Waals surface area contributed by atoms with E-state index in [1.54, 1.807) is 6.08 Å². The third kappa shape index (κ3) is 1.96. The van der Waals surface area contributed by atoms with E-state index >= 15 is 0 Å². The average Bonchev–Trinajstić information content (AvgIpc) is 2.93. The molecule has 4 rings (SSSR count). The number of esters is 1. The van der Waals surface area contributed by atoms with E-state index in [-0.39, 0.29) is 23.4 Å². The molecule has 0 bridgehead atoms. The van der Waals surface area contributed by atoms with Crippen molar-refractivity contribution in [1.82, 2.24) is 0 Å². The molecular formula is C18H18O5. The zero-order valence-electron chi connectivity index (χ0n) is 12.8. The van der Waals surface area contributed by atoms with Crippen LogP contribution >= 0.6 is 0 Å². The number of ketones is 1. The summed E-state index contributed by atoms with van der Waals surface area (Å²) in [5.74, 6) is -1.20. The van der Waals surface area contributed by atoms with Crippen LogP contribution in [0.2, 0.25) is 0 Å². The van der Waals surface area contributed by atoms with E-state index in [4.69, 9.17) is 9.47 Å². The lowest BCUT2D eigenvalue weighted by Crippen LogP contribution is -2.52. The quantitative estimate of drug-likeness (QED) is 0.799. The molecule has 0 radical (unpaired) electrons. The van der Waals surface area contributed by atoms with Gasteiger partial charge in [0.25, 0.3) is 0 Å². The fraction of sp³-hybridized carbons (Fsp3) is 0.444. The van der Waals surface area contributed by atoms with E-state index in [9.17, 15) is 14.7 Å². The van der Waals surface area contributed by atoms with Gasteiger partial charge in [0.2, 0.25) is 5.78 Å². The van der Waals surface area contributed by atoms with Crippen molar-refractivity contribution in [2.75, 3.05) is 7.11 Å². The Kier molecular flexibility index (Phi) is 3.10. The second kappa shape index (κ2) is 4.93. The minimum Gasteiger partial charge on any atom is -0.493 e. The molecule has 0 aromatic heterocycles. The van der Waals surface area contributed by atoms with E-state index in [2.05, 4.69) is 0 Å². The molecular weight excluding hydrogens is 296 g/mol. The highest BCUT2D eigenvalue weighted by Crippen LogP contribution is 2.52. The summed E-state index contributed by atoms with van der Waals surface area (Å²) in [4.78, 5) is 24.5. The van der Waals surface area contributed by atoms with Crippen molar-refractivity contribution in [3.8, 4) is 0 Å². The Hall–Kier alpha value is -2.14. The second-order valence-corrected chi connectivity index (χ2v) is 6.49. The maximum atomic E-state index is 12.7. The summed E-state index contributed by atoms with van der Waals surface area (Å²) in [7, 11) is 1.43. The normalized spacial score (nSPS) is 35.4. The second-order valence-electron chi connectivity index (χ2n) is 6.49. The number of fused-ring (bicyclic) bond motifs is 3. The molecule has 1 saturated heterocycles. The molecule has 1 fully saturated rings. The van der Waals surface area contributed by atoms with E-state index in [1.165, 1.54) is 7.11 Å². The number of allylic oxidation sites excluding steroid dienone is 1. The number of rotatable bonds is 1. The first-order valence-corrected chi connectivity index (χ1v) is 7.84. The molecule has 5 heteroatoms. The lowest BCUT2D eigenvalue weighted by Gasteiger charge is -2.46. The van der Waals surface area contributed by atoms with Crippen LogP contribution in [0.15, 0.2) is 36.1 Å². The smallest absolute Gasteiger partial charge is 0.306 e. The van der Waals surface area contributed by atoms with Crippen LogP contribution < -0.4 is 0 Å². The molecule has 1 N–H and O–H groups in total. The zero-order valence-corrected chi connectivity index (χ0v) is 12.8. The Balaban J connectivity index is 1.86. The number of hydrogen-bond acceptors (Lipinski definition) is 5. The lowest BCUT2D eigenvalue weighted by molar-refractivity contribution is -0.158. The summed E-state index contributed by atoms with van der Waals surface area (Å²) < 4.78 is 10.9. The highest BCUT2D eigenvalue weighted by Gasteiger charge is 2.58. The molecule has 23 heavy (non-hydrogen) atoms. The molecule has 0 amide bonds. The number of aliphatic hydroxyl groups excluding tert-OH is 1. The Bertz CT molecular complexity index is 722. The molecule has 0 saturated carbocycles. The van der Waals surface area contributed by atoms with Crippen molar-refractivity contribution in [2.45, 2.75) is 31.0 Å². The summed E-state index contributed by atoms with van der Waals surface area (Å²) in [6.07, 6.45) is 2.18. The average molecular weight is 314 g/mol. The van der Waals surface area contributed by atoms with Gasteiger partial charge in [-0.3, -0.25) is 9.59 Å². The molecule has 4 atom stereocenters. The number of methoxy groups -OCH3 is 1. The minimum absolute atomic E-state index is 0.180. The minimum atomic E-state index is -0.910. The Labute approximate surface area is 133 Å². The van der Waals surface area contributed by atoms with Crippen LogP contribution in [0.1, 0.15) is 30.1 Å². The number of carbonyl (C=O) groups is 2. The van der Waals surface area contributed by atoms with Gasteiger partial charge < -0.3 is 14.6 Å². The van der Waals surface area contributed by atoms with Crippen LogP contribution in [-0.2, 0) is 25.5 Å². The molecule has 1 aromatic carbocycles. The van der Waals surface area contributed by atoms with Crippen molar-refractivity contribution in [1.29, 1.82) is 0 Å². The predicted octanol–water partition coefficient (Wildman–Crippen LogP) is 1.70. The molecule has 1 heterocycles. The summed E-state index contributed by atoms with van der Waals surface area (Å²) in [5.41, 5.74) is 0.930. The van der Waals surface area contributed by atoms with E-state index in [0.717, 1.165) is 11.1 Å². The van der Waals surface area contributed by atoms with Gasteiger partial charge in [-0.25, -0.2) is 0 Å². The van der Waals surface area contributed by atoms with Gasteiger partial charge in [0.1, 0.15) is 5.60 Å². The number of aliphatic hydroxyl groups is 1. The SMILES string of the molecule is COC1=C[C@@]2(CCC(=O)O2)[C@H]2Cc3ccccc3[C@@H](O)[C@H]2C1=O. The Morgan fingerprint density at radius 1 is 1.30 bits per heavy atom. The molecule has 1 aliphatic heterocycles. The van der Waals surface area contributed by atoms with Crippen molar-refractivity contribution in [3.63, 3.8) is 0 Å². The number of ether oxygens (including phenoxy) is 2. The van der Waals surface area contributed by atoms with Gasteiger partial charge in [-0.15, -0.1) is 0 Å². The maximum Gasteiger partial charge on any atom is 0.306 e. The van der Waals surface area contributed by atoms with E-state index < -0.39 is 17.6 Å². The predicted molar refractivity (Wildman–Crippen MR) is 80.2 cm³/mol. The number of Topliss-reactive ketones (excluding diaryl/α,β-unsaturated/α-hetero) is 1. The van der Waals surface area contributed by atoms with E-state index in [0.29, 0.717) is 19.3 Å². The Morgan fingerprint density at radius 2 is 2.09 bits per heavy atom. The fourth-order valence-corrected chi connectivity index (χ4v) is 4.29. The zero-order chi connectivity index (χ0) is 16.2. The fourth-order valence-electron chi connectivity index (χ4n) is 4.29. The van der Waals surface area contributed by atoms with Crippen LogP contribution in [0.3, 0.4) is 0 Å². The van der Waals surface area contributed by atoms with Crippen LogP contribution in [0.25, 0.3) is 0 Å². The first kappa shape index (κ1) is 14.5. The van der Waals surface area contributed by atoms with Crippen molar-refractivity contribution < 1.29 is 24.2 Å². The molecule has 1 spiro atoms. The maximum absolute atomic E-state index is 12.7. The highest BCUT2D eigenvalue weighted by atomic mass is 16.6. The van der Waals surface area contributed by atoms with E-state index in [1.807, 2.05) is 24.3 Å². The summed E-state index contributed by atoms with van der Waals surface area (Å²) in [6.45, 7) is 0. The number of benzene rings is 1. The largest absolute Gasteiger partial charge is 0.493 e. The third-order valence-corrected chi connectivity index (χ3v) is 5.38. The monoisotopic (exact) mass is 314 g/mol.